The van der Waals surface area contributed by atoms with Crippen LogP contribution in [-0.2, 0) is 11.0 Å². The molecule has 0 spiro atoms. The summed E-state index contributed by atoms with van der Waals surface area (Å²) in [4.78, 5) is 21.6. The molecule has 1 aromatic carbocycles. The van der Waals surface area contributed by atoms with E-state index in [4.69, 9.17) is 19.2 Å². The quantitative estimate of drug-likeness (QED) is 0.621. The smallest absolute Gasteiger partial charge is 0.303 e. The standard InChI is InChI=1S/C15H10.H3O4P/c1-4-10-11(5-1)13-7-3-9-15(13)14-8-2-6-12(10)14;1-5(2,3)4/h1-8H,9H2;(H3,1,2,3,4). The van der Waals surface area contributed by atoms with Gasteiger partial charge in [0.15, 0.2) is 0 Å². The molecule has 0 aliphatic heterocycles. The first-order chi connectivity index (χ1) is 9.45. The maximum absolute atomic E-state index is 8.88. The summed E-state index contributed by atoms with van der Waals surface area (Å²) in [6.07, 6.45) is 18.9. The molecule has 5 heteroatoms. The highest BCUT2D eigenvalue weighted by Gasteiger charge is 2.17. The molecule has 4 rings (SSSR count). The molecule has 0 aromatic heterocycles. The van der Waals surface area contributed by atoms with Crippen LogP contribution >= 0.6 is 7.82 Å². The van der Waals surface area contributed by atoms with Crippen molar-refractivity contribution in [3.63, 3.8) is 0 Å². The minimum atomic E-state index is -4.64. The largest absolute Gasteiger partial charge is 0.466 e. The van der Waals surface area contributed by atoms with Crippen LogP contribution in [0.2, 0.25) is 0 Å². The molecule has 3 aliphatic carbocycles. The van der Waals surface area contributed by atoms with Gasteiger partial charge >= 0.3 is 7.82 Å². The van der Waals surface area contributed by atoms with Gasteiger partial charge in [0.05, 0.1) is 0 Å². The maximum Gasteiger partial charge on any atom is 0.466 e. The lowest BCUT2D eigenvalue weighted by molar-refractivity contribution is 0.275. The summed E-state index contributed by atoms with van der Waals surface area (Å²) in [6.45, 7) is 0. The average molecular weight is 288 g/mol. The molecule has 0 radical (unpaired) electrons. The number of hydrogen-bond acceptors (Lipinski definition) is 1. The van der Waals surface area contributed by atoms with Crippen molar-refractivity contribution in [1.29, 1.82) is 0 Å². The predicted octanol–water partition coefficient (Wildman–Crippen LogP) is 0.942. The number of hydrogen-bond donors (Lipinski definition) is 3. The zero-order valence-electron chi connectivity index (χ0n) is 10.5. The van der Waals surface area contributed by atoms with E-state index < -0.39 is 7.82 Å². The van der Waals surface area contributed by atoms with E-state index in [1.165, 1.54) is 32.7 Å². The van der Waals surface area contributed by atoms with E-state index in [0.29, 0.717) is 0 Å². The zero-order chi connectivity index (χ0) is 14.3. The highest BCUT2D eigenvalue weighted by atomic mass is 31.2. The van der Waals surface area contributed by atoms with Crippen LogP contribution < -0.4 is 10.4 Å². The van der Waals surface area contributed by atoms with Crippen molar-refractivity contribution in [3.05, 3.63) is 50.9 Å². The molecule has 0 heterocycles. The molecule has 0 atom stereocenters. The van der Waals surface area contributed by atoms with Crippen molar-refractivity contribution in [2.45, 2.75) is 6.42 Å². The highest BCUT2D eigenvalue weighted by molar-refractivity contribution is 7.45. The molecule has 1 aromatic rings. The average Bonchev–Trinajstić information content (AvgIpc) is 3.06. The minimum Gasteiger partial charge on any atom is -0.303 e. The second-order valence-corrected chi connectivity index (χ2v) is 5.74. The lowest BCUT2D eigenvalue weighted by Gasteiger charge is -2.07. The molecule has 102 valence electrons. The number of allylic oxidation sites excluding steroid dienone is 3. The Morgan fingerprint density at radius 2 is 1.40 bits per heavy atom. The first-order valence-electron chi connectivity index (χ1n) is 6.15. The van der Waals surface area contributed by atoms with Crippen molar-refractivity contribution >= 4 is 38.2 Å². The second kappa shape index (κ2) is 4.69. The molecule has 3 N–H and O–H groups in total. The van der Waals surface area contributed by atoms with Crippen molar-refractivity contribution < 1.29 is 19.2 Å². The van der Waals surface area contributed by atoms with Gasteiger partial charge in [0.25, 0.3) is 0 Å². The van der Waals surface area contributed by atoms with E-state index in [-0.39, 0.29) is 0 Å². The fourth-order valence-corrected chi connectivity index (χ4v) is 2.82. The van der Waals surface area contributed by atoms with Gasteiger partial charge in [-0.2, -0.15) is 0 Å². The van der Waals surface area contributed by atoms with Gasteiger partial charge in [0.1, 0.15) is 0 Å². The van der Waals surface area contributed by atoms with Crippen molar-refractivity contribution in [2.24, 2.45) is 0 Å². The van der Waals surface area contributed by atoms with E-state index >= 15 is 0 Å². The molecule has 20 heavy (non-hydrogen) atoms. The summed E-state index contributed by atoms with van der Waals surface area (Å²) >= 11 is 0. The summed E-state index contributed by atoms with van der Waals surface area (Å²) in [5.74, 6) is 0. The van der Waals surface area contributed by atoms with Crippen molar-refractivity contribution in [3.8, 4) is 0 Å². The summed E-state index contributed by atoms with van der Waals surface area (Å²) in [5.41, 5.74) is 5.76. The Balaban J connectivity index is 0.000000213. The highest BCUT2D eigenvalue weighted by Crippen LogP contribution is 2.25. The van der Waals surface area contributed by atoms with Gasteiger partial charge in [-0.3, -0.25) is 0 Å². The molecule has 0 amide bonds. The second-order valence-electron chi connectivity index (χ2n) is 4.72. The van der Waals surface area contributed by atoms with E-state index in [9.17, 15) is 0 Å². The molecule has 3 aliphatic rings. The van der Waals surface area contributed by atoms with Crippen LogP contribution in [0.5, 0.6) is 0 Å². The minimum absolute atomic E-state index is 1.09. The Morgan fingerprint density at radius 3 is 2.05 bits per heavy atom. The van der Waals surface area contributed by atoms with Crippen LogP contribution in [0, 0.1) is 0 Å². The number of phosphoric acid groups is 1. The summed E-state index contributed by atoms with van der Waals surface area (Å²) < 4.78 is 8.88. The van der Waals surface area contributed by atoms with Crippen LogP contribution in [0.4, 0.5) is 0 Å². The van der Waals surface area contributed by atoms with Crippen LogP contribution in [0.15, 0.2) is 18.2 Å². The fourth-order valence-electron chi connectivity index (χ4n) is 2.82. The first kappa shape index (κ1) is 13.3. The molecule has 0 bridgehead atoms. The monoisotopic (exact) mass is 288 g/mol. The number of benzene rings is 1. The van der Waals surface area contributed by atoms with Gasteiger partial charge in [-0.05, 0) is 39.1 Å². The SMILES string of the molecule is C1=Cc2c3c(c4c(c2=C1)C=CC4)=CC=C3.O=P(O)(O)O. The van der Waals surface area contributed by atoms with Crippen molar-refractivity contribution in [1.82, 2.24) is 0 Å². The topological polar surface area (TPSA) is 77.8 Å². The van der Waals surface area contributed by atoms with Gasteiger partial charge < -0.3 is 14.7 Å². The van der Waals surface area contributed by atoms with Gasteiger partial charge in [-0.1, -0.05) is 48.6 Å². The van der Waals surface area contributed by atoms with E-state index in [2.05, 4.69) is 48.6 Å². The predicted molar refractivity (Wildman–Crippen MR) is 79.7 cm³/mol. The Hall–Kier alpha value is -1.71. The molecular weight excluding hydrogens is 275 g/mol. The van der Waals surface area contributed by atoms with E-state index in [1.807, 2.05) is 0 Å². The van der Waals surface area contributed by atoms with Crippen LogP contribution in [0.3, 0.4) is 0 Å². The maximum atomic E-state index is 8.88. The first-order valence-corrected chi connectivity index (χ1v) is 7.72. The Kier molecular flexibility index (Phi) is 3.11. The van der Waals surface area contributed by atoms with Crippen LogP contribution in [-0.4, -0.2) is 14.7 Å². The van der Waals surface area contributed by atoms with Gasteiger partial charge in [0, 0.05) is 0 Å². The third kappa shape index (κ3) is 2.35. The normalized spacial score (nSPS) is 15.9. The Morgan fingerprint density at radius 1 is 0.850 bits per heavy atom. The van der Waals surface area contributed by atoms with Crippen molar-refractivity contribution in [2.75, 3.05) is 0 Å². The molecule has 4 nitrogen and oxygen atoms in total. The molecule has 0 saturated heterocycles. The third-order valence-corrected chi connectivity index (χ3v) is 3.47. The zero-order valence-corrected chi connectivity index (χ0v) is 11.4. The number of fused-ring (bicyclic) bond motifs is 6. The van der Waals surface area contributed by atoms with Crippen LogP contribution in [0.25, 0.3) is 30.4 Å². The lowest BCUT2D eigenvalue weighted by atomic mass is 9.96. The van der Waals surface area contributed by atoms with E-state index in [0.717, 1.165) is 6.42 Å². The third-order valence-electron chi connectivity index (χ3n) is 3.47. The summed E-state index contributed by atoms with van der Waals surface area (Å²) in [7, 11) is -4.64. The van der Waals surface area contributed by atoms with Crippen LogP contribution in [0.1, 0.15) is 22.3 Å². The molecule has 0 fully saturated rings. The van der Waals surface area contributed by atoms with Gasteiger partial charge in [0.2, 0.25) is 0 Å². The van der Waals surface area contributed by atoms with Gasteiger partial charge in [-0.15, -0.1) is 0 Å². The number of rotatable bonds is 0. The lowest BCUT2D eigenvalue weighted by Crippen LogP contribution is -2.22. The summed E-state index contributed by atoms with van der Waals surface area (Å²) in [6, 6.07) is 0. The fraction of sp³-hybridized carbons (Fsp3) is 0.0667. The molecular formula is C15H13O4P. The summed E-state index contributed by atoms with van der Waals surface area (Å²) in [5, 5.41) is 2.85. The molecule has 0 unspecified atom stereocenters. The van der Waals surface area contributed by atoms with Gasteiger partial charge in [-0.25, -0.2) is 4.57 Å². The van der Waals surface area contributed by atoms with E-state index in [1.54, 1.807) is 0 Å². The Labute approximate surface area is 115 Å². The molecule has 0 saturated carbocycles. The Bertz CT molecular complexity index is 823.